The molecule has 0 unspecified atom stereocenters. The lowest BCUT2D eigenvalue weighted by Crippen LogP contribution is -2.37. The fourth-order valence-electron chi connectivity index (χ4n) is 4.00. The van der Waals surface area contributed by atoms with Crippen molar-refractivity contribution >= 4 is 5.91 Å². The molecule has 2 heterocycles. The molecule has 1 fully saturated rings. The molecule has 1 N–H and O–H groups in total. The third-order valence-corrected chi connectivity index (χ3v) is 5.45. The maximum Gasteiger partial charge on any atom is 0.255 e. The highest BCUT2D eigenvalue weighted by Crippen LogP contribution is 2.20. The first kappa shape index (κ1) is 19.3. The number of nitrogens with one attached hydrogen (secondary N) is 1. The Labute approximate surface area is 170 Å². The topological polar surface area (TPSA) is 50.2 Å². The van der Waals surface area contributed by atoms with E-state index in [9.17, 15) is 9.18 Å². The molecule has 4 rings (SSSR count). The van der Waals surface area contributed by atoms with Gasteiger partial charge in [0.1, 0.15) is 5.82 Å². The summed E-state index contributed by atoms with van der Waals surface area (Å²) in [5.41, 5.74) is 4.04. The molecule has 0 aliphatic carbocycles. The summed E-state index contributed by atoms with van der Waals surface area (Å²) in [5, 5.41) is 7.67. The zero-order valence-corrected chi connectivity index (χ0v) is 16.7. The first-order chi connectivity index (χ1) is 14.0. The lowest BCUT2D eigenvalue weighted by Gasteiger charge is -2.17. The van der Waals surface area contributed by atoms with E-state index in [0.717, 1.165) is 37.4 Å². The van der Waals surface area contributed by atoms with E-state index in [0.29, 0.717) is 11.3 Å². The van der Waals surface area contributed by atoms with Gasteiger partial charge in [-0.05, 0) is 50.1 Å². The van der Waals surface area contributed by atoms with E-state index in [1.807, 2.05) is 19.9 Å². The average molecular weight is 392 g/mol. The summed E-state index contributed by atoms with van der Waals surface area (Å²) in [5.74, 6) is -0.394. The summed E-state index contributed by atoms with van der Waals surface area (Å²) in [6, 6.07) is 16.6. The molecule has 150 valence electrons. The molecular formula is C23H25FN4O. The minimum absolute atomic E-state index is 0.0973. The summed E-state index contributed by atoms with van der Waals surface area (Å²) in [6.07, 6.45) is 0.933. The fraction of sp³-hybridized carbons (Fsp3) is 0.304. The summed E-state index contributed by atoms with van der Waals surface area (Å²) in [6.45, 7) is 6.40. The summed E-state index contributed by atoms with van der Waals surface area (Å²) < 4.78 is 14.9. The molecule has 2 aromatic carbocycles. The van der Waals surface area contributed by atoms with Gasteiger partial charge in [-0.1, -0.05) is 30.3 Å². The highest BCUT2D eigenvalue weighted by Gasteiger charge is 2.27. The summed E-state index contributed by atoms with van der Waals surface area (Å²) >= 11 is 0. The number of hydrogen-bond acceptors (Lipinski definition) is 3. The lowest BCUT2D eigenvalue weighted by molar-refractivity contribution is 0.0936. The minimum Gasteiger partial charge on any atom is -0.348 e. The third kappa shape index (κ3) is 4.22. The fourth-order valence-corrected chi connectivity index (χ4v) is 4.00. The Bertz CT molecular complexity index is 998. The van der Waals surface area contributed by atoms with Gasteiger partial charge in [0, 0.05) is 25.7 Å². The molecule has 1 atom stereocenters. The van der Waals surface area contributed by atoms with Crippen LogP contribution in [0, 0.1) is 19.7 Å². The zero-order chi connectivity index (χ0) is 20.4. The SMILES string of the molecule is Cc1nn(-c2ccc(F)cc2)c(C)c1C(=O)N[C@H]1CCN(Cc2ccccc2)C1. The van der Waals surface area contributed by atoms with Gasteiger partial charge in [0.2, 0.25) is 0 Å². The standard InChI is InChI=1S/C23H25FN4O/c1-16-22(17(2)28(26-16)21-10-8-19(24)9-11-21)23(29)25-20-12-13-27(15-20)14-18-6-4-3-5-7-18/h3-11,20H,12-15H2,1-2H3,(H,25,29)/t20-/m0/s1. The first-order valence-electron chi connectivity index (χ1n) is 9.90. The van der Waals surface area contributed by atoms with Crippen LogP contribution in [0.25, 0.3) is 5.69 Å². The number of hydrogen-bond donors (Lipinski definition) is 1. The number of carbonyl (C=O) groups excluding carboxylic acids is 1. The molecule has 1 aliphatic rings. The number of benzene rings is 2. The predicted molar refractivity (Wildman–Crippen MR) is 111 cm³/mol. The molecular weight excluding hydrogens is 367 g/mol. The van der Waals surface area contributed by atoms with Crippen LogP contribution in [0.15, 0.2) is 54.6 Å². The van der Waals surface area contributed by atoms with E-state index >= 15 is 0 Å². The van der Waals surface area contributed by atoms with Crippen LogP contribution in [0.5, 0.6) is 0 Å². The van der Waals surface area contributed by atoms with Crippen LogP contribution in [0.2, 0.25) is 0 Å². The van der Waals surface area contributed by atoms with E-state index in [1.165, 1.54) is 17.7 Å². The van der Waals surface area contributed by atoms with Crippen molar-refractivity contribution in [3.63, 3.8) is 0 Å². The van der Waals surface area contributed by atoms with Crippen molar-refractivity contribution in [3.05, 3.63) is 82.9 Å². The Balaban J connectivity index is 1.43. The Kier molecular flexibility index (Phi) is 5.45. The average Bonchev–Trinajstić information content (AvgIpc) is 3.26. The lowest BCUT2D eigenvalue weighted by atomic mass is 10.1. The number of aryl methyl sites for hydroxylation is 1. The van der Waals surface area contributed by atoms with Crippen molar-refractivity contribution in [3.8, 4) is 5.69 Å². The van der Waals surface area contributed by atoms with Gasteiger partial charge < -0.3 is 5.32 Å². The largest absolute Gasteiger partial charge is 0.348 e. The monoisotopic (exact) mass is 392 g/mol. The van der Waals surface area contributed by atoms with Crippen LogP contribution >= 0.6 is 0 Å². The van der Waals surface area contributed by atoms with Gasteiger partial charge in [0.15, 0.2) is 0 Å². The van der Waals surface area contributed by atoms with Crippen molar-refractivity contribution in [2.45, 2.75) is 32.9 Å². The number of halogens is 1. The molecule has 0 radical (unpaired) electrons. The molecule has 0 spiro atoms. The van der Waals surface area contributed by atoms with E-state index in [2.05, 4.69) is 39.6 Å². The van der Waals surface area contributed by atoms with Crippen molar-refractivity contribution in [1.29, 1.82) is 0 Å². The highest BCUT2D eigenvalue weighted by atomic mass is 19.1. The number of aromatic nitrogens is 2. The molecule has 6 heteroatoms. The molecule has 0 bridgehead atoms. The Hall–Kier alpha value is -2.99. The van der Waals surface area contributed by atoms with Crippen LogP contribution in [-0.4, -0.2) is 39.7 Å². The number of carbonyl (C=O) groups is 1. The normalized spacial score (nSPS) is 16.9. The molecule has 1 amide bonds. The number of rotatable bonds is 5. The van der Waals surface area contributed by atoms with Crippen molar-refractivity contribution in [2.75, 3.05) is 13.1 Å². The van der Waals surface area contributed by atoms with Crippen LogP contribution in [-0.2, 0) is 6.54 Å². The van der Waals surface area contributed by atoms with Gasteiger partial charge in [-0.25, -0.2) is 9.07 Å². The van der Waals surface area contributed by atoms with Gasteiger partial charge in [-0.3, -0.25) is 9.69 Å². The Morgan fingerprint density at radius 1 is 1.14 bits per heavy atom. The molecule has 1 saturated heterocycles. The van der Waals surface area contributed by atoms with E-state index in [1.54, 1.807) is 16.8 Å². The van der Waals surface area contributed by atoms with Crippen LogP contribution < -0.4 is 5.32 Å². The zero-order valence-electron chi connectivity index (χ0n) is 16.7. The smallest absolute Gasteiger partial charge is 0.255 e. The van der Waals surface area contributed by atoms with Crippen LogP contribution in [0.1, 0.15) is 33.7 Å². The number of likely N-dealkylation sites (tertiary alicyclic amines) is 1. The van der Waals surface area contributed by atoms with Gasteiger partial charge in [-0.2, -0.15) is 5.10 Å². The Morgan fingerprint density at radius 2 is 1.86 bits per heavy atom. The van der Waals surface area contributed by atoms with Gasteiger partial charge in [0.05, 0.1) is 22.6 Å². The van der Waals surface area contributed by atoms with Crippen LogP contribution in [0.3, 0.4) is 0 Å². The van der Waals surface area contributed by atoms with Gasteiger partial charge in [-0.15, -0.1) is 0 Å². The quantitative estimate of drug-likeness (QED) is 0.721. The highest BCUT2D eigenvalue weighted by molar-refractivity contribution is 5.96. The van der Waals surface area contributed by atoms with E-state index < -0.39 is 0 Å². The third-order valence-electron chi connectivity index (χ3n) is 5.45. The number of nitrogens with zero attached hydrogens (tertiary/aromatic N) is 3. The minimum atomic E-state index is -0.297. The predicted octanol–water partition coefficient (Wildman–Crippen LogP) is 3.63. The van der Waals surface area contributed by atoms with E-state index in [4.69, 9.17) is 0 Å². The van der Waals surface area contributed by atoms with E-state index in [-0.39, 0.29) is 17.8 Å². The summed E-state index contributed by atoms with van der Waals surface area (Å²) in [7, 11) is 0. The van der Waals surface area contributed by atoms with Crippen LogP contribution in [0.4, 0.5) is 4.39 Å². The number of amides is 1. The first-order valence-corrected chi connectivity index (χ1v) is 9.90. The maximum atomic E-state index is 13.2. The van der Waals surface area contributed by atoms with Crippen molar-refractivity contribution in [2.24, 2.45) is 0 Å². The molecule has 29 heavy (non-hydrogen) atoms. The molecule has 1 aliphatic heterocycles. The van der Waals surface area contributed by atoms with Crippen molar-refractivity contribution in [1.82, 2.24) is 20.0 Å². The van der Waals surface area contributed by atoms with Gasteiger partial charge >= 0.3 is 0 Å². The molecule has 3 aromatic rings. The second kappa shape index (κ2) is 8.17. The Morgan fingerprint density at radius 3 is 2.59 bits per heavy atom. The van der Waals surface area contributed by atoms with Gasteiger partial charge in [0.25, 0.3) is 5.91 Å². The second-order valence-electron chi connectivity index (χ2n) is 7.61. The summed E-state index contributed by atoms with van der Waals surface area (Å²) in [4.78, 5) is 15.3. The molecule has 1 aromatic heterocycles. The van der Waals surface area contributed by atoms with Crippen molar-refractivity contribution < 1.29 is 9.18 Å². The molecule has 5 nitrogen and oxygen atoms in total. The molecule has 0 saturated carbocycles. The second-order valence-corrected chi connectivity index (χ2v) is 7.61. The maximum absolute atomic E-state index is 13.2.